The lowest BCUT2D eigenvalue weighted by Gasteiger charge is -2.35. The Morgan fingerprint density at radius 3 is 2.75 bits per heavy atom. The zero-order valence-corrected chi connectivity index (χ0v) is 14.3. The van der Waals surface area contributed by atoms with Gasteiger partial charge in [0.2, 0.25) is 5.91 Å². The molecule has 0 unspecified atom stereocenters. The average Bonchev–Trinajstić information content (AvgIpc) is 2.60. The van der Waals surface area contributed by atoms with Crippen LogP contribution in [0.2, 0.25) is 0 Å². The number of nitrogens with zero attached hydrogens (tertiary/aromatic N) is 1. The second-order valence-corrected chi connectivity index (χ2v) is 6.89. The van der Waals surface area contributed by atoms with Gasteiger partial charge in [0, 0.05) is 25.6 Å². The maximum absolute atomic E-state index is 12.5. The lowest BCUT2D eigenvalue weighted by molar-refractivity contribution is -0.137. The SMILES string of the molecule is C#C[C@H](CC(=O)O)N[C@@H]1CCCN(C(=O)CCC2CCNCC2)C1. The summed E-state index contributed by atoms with van der Waals surface area (Å²) in [7, 11) is 0. The summed E-state index contributed by atoms with van der Waals surface area (Å²) in [5, 5.41) is 15.4. The summed E-state index contributed by atoms with van der Waals surface area (Å²) in [6, 6.07) is -0.390. The molecule has 24 heavy (non-hydrogen) atoms. The number of aliphatic carboxylic acids is 1. The molecule has 2 aliphatic heterocycles. The lowest BCUT2D eigenvalue weighted by Crippen LogP contribution is -2.50. The van der Waals surface area contributed by atoms with E-state index in [0.29, 0.717) is 18.9 Å². The van der Waals surface area contributed by atoms with Gasteiger partial charge in [0.1, 0.15) is 0 Å². The second-order valence-electron chi connectivity index (χ2n) is 6.89. The fourth-order valence-electron chi connectivity index (χ4n) is 3.62. The van der Waals surface area contributed by atoms with Crippen LogP contribution >= 0.6 is 0 Å². The highest BCUT2D eigenvalue weighted by atomic mass is 16.4. The molecule has 0 radical (unpaired) electrons. The average molecular weight is 335 g/mol. The molecule has 0 bridgehead atoms. The Morgan fingerprint density at radius 2 is 2.08 bits per heavy atom. The van der Waals surface area contributed by atoms with E-state index in [0.717, 1.165) is 51.7 Å². The van der Waals surface area contributed by atoms with Gasteiger partial charge in [-0.3, -0.25) is 14.9 Å². The molecule has 2 fully saturated rings. The van der Waals surface area contributed by atoms with E-state index in [1.807, 2.05) is 4.90 Å². The van der Waals surface area contributed by atoms with E-state index in [-0.39, 0.29) is 18.4 Å². The molecule has 0 saturated carbocycles. The molecular formula is C18H29N3O3. The lowest BCUT2D eigenvalue weighted by atomic mass is 9.92. The third-order valence-electron chi connectivity index (χ3n) is 5.02. The number of amides is 1. The van der Waals surface area contributed by atoms with Gasteiger partial charge in [-0.25, -0.2) is 0 Å². The number of carbonyl (C=O) groups is 2. The Balaban J connectivity index is 1.75. The molecule has 6 nitrogen and oxygen atoms in total. The summed E-state index contributed by atoms with van der Waals surface area (Å²) in [5.41, 5.74) is 0. The number of carboxylic acids is 1. The quantitative estimate of drug-likeness (QED) is 0.600. The van der Waals surface area contributed by atoms with E-state index in [1.54, 1.807) is 0 Å². The van der Waals surface area contributed by atoms with Crippen molar-refractivity contribution in [1.82, 2.24) is 15.5 Å². The van der Waals surface area contributed by atoms with Crippen LogP contribution in [-0.2, 0) is 9.59 Å². The number of hydrogen-bond donors (Lipinski definition) is 3. The number of nitrogens with one attached hydrogen (secondary N) is 2. The molecule has 2 saturated heterocycles. The molecule has 2 rings (SSSR count). The monoisotopic (exact) mass is 335 g/mol. The van der Waals surface area contributed by atoms with Crippen molar-refractivity contribution in [2.24, 2.45) is 5.92 Å². The van der Waals surface area contributed by atoms with Crippen molar-refractivity contribution < 1.29 is 14.7 Å². The molecule has 2 aliphatic rings. The summed E-state index contributed by atoms with van der Waals surface area (Å²) in [6.07, 6.45) is 11.1. The number of hydrogen-bond acceptors (Lipinski definition) is 4. The summed E-state index contributed by atoms with van der Waals surface area (Å²) in [4.78, 5) is 25.2. The fraction of sp³-hybridized carbons (Fsp3) is 0.778. The number of terminal acetylenes is 1. The van der Waals surface area contributed by atoms with Gasteiger partial charge >= 0.3 is 5.97 Å². The molecule has 0 spiro atoms. The highest BCUT2D eigenvalue weighted by Gasteiger charge is 2.26. The van der Waals surface area contributed by atoms with Crippen molar-refractivity contribution in [2.45, 2.75) is 57.0 Å². The summed E-state index contributed by atoms with van der Waals surface area (Å²) >= 11 is 0. The van der Waals surface area contributed by atoms with E-state index < -0.39 is 12.0 Å². The van der Waals surface area contributed by atoms with Crippen molar-refractivity contribution in [2.75, 3.05) is 26.2 Å². The van der Waals surface area contributed by atoms with Gasteiger partial charge in [0.25, 0.3) is 0 Å². The van der Waals surface area contributed by atoms with Gasteiger partial charge in [0.15, 0.2) is 0 Å². The molecule has 2 heterocycles. The van der Waals surface area contributed by atoms with Crippen LogP contribution in [0.4, 0.5) is 0 Å². The minimum absolute atomic E-state index is 0.0852. The molecule has 0 aromatic rings. The molecule has 0 aliphatic carbocycles. The van der Waals surface area contributed by atoms with Crippen LogP contribution in [0.1, 0.15) is 44.9 Å². The van der Waals surface area contributed by atoms with E-state index in [9.17, 15) is 9.59 Å². The van der Waals surface area contributed by atoms with Crippen molar-refractivity contribution in [3.8, 4) is 12.3 Å². The van der Waals surface area contributed by atoms with Crippen molar-refractivity contribution in [1.29, 1.82) is 0 Å². The van der Waals surface area contributed by atoms with Crippen LogP contribution < -0.4 is 10.6 Å². The Bertz CT molecular complexity index is 469. The summed E-state index contributed by atoms with van der Waals surface area (Å²) in [6.45, 7) is 3.54. The third kappa shape index (κ3) is 6.14. The fourth-order valence-corrected chi connectivity index (χ4v) is 3.62. The maximum Gasteiger partial charge on any atom is 0.305 e. The Labute approximate surface area is 144 Å². The third-order valence-corrected chi connectivity index (χ3v) is 5.02. The maximum atomic E-state index is 12.5. The van der Waals surface area contributed by atoms with Crippen molar-refractivity contribution in [3.05, 3.63) is 0 Å². The topological polar surface area (TPSA) is 81.7 Å². The number of likely N-dealkylation sites (tertiary alicyclic amines) is 1. The molecule has 2 atom stereocenters. The number of carboxylic acid groups (broad SMARTS) is 1. The Kier molecular flexibility index (Phi) is 7.54. The first kappa shape index (κ1) is 18.8. The Hall–Kier alpha value is -1.58. The van der Waals surface area contributed by atoms with E-state index >= 15 is 0 Å². The zero-order valence-electron chi connectivity index (χ0n) is 14.3. The van der Waals surface area contributed by atoms with Gasteiger partial charge in [-0.1, -0.05) is 5.92 Å². The predicted molar refractivity (Wildman–Crippen MR) is 92.4 cm³/mol. The van der Waals surface area contributed by atoms with E-state index in [1.165, 1.54) is 0 Å². The molecule has 0 aromatic heterocycles. The van der Waals surface area contributed by atoms with Gasteiger partial charge < -0.3 is 15.3 Å². The van der Waals surface area contributed by atoms with Gasteiger partial charge in [-0.05, 0) is 51.1 Å². The molecule has 134 valence electrons. The van der Waals surface area contributed by atoms with Crippen LogP contribution in [0.5, 0.6) is 0 Å². The predicted octanol–water partition coefficient (Wildman–Crippen LogP) is 0.823. The molecule has 0 aromatic carbocycles. The normalized spacial score (nSPS) is 23.5. The van der Waals surface area contributed by atoms with Gasteiger partial charge in [0.05, 0.1) is 12.5 Å². The standard InChI is InChI=1S/C18H29N3O3/c1-2-15(12-18(23)24)20-16-4-3-11-21(13-16)17(22)6-5-14-7-9-19-10-8-14/h1,14-16,19-20H,3-13H2,(H,23,24)/t15-,16-/m1/s1. The summed E-state index contributed by atoms with van der Waals surface area (Å²) in [5.74, 6) is 2.47. The highest BCUT2D eigenvalue weighted by molar-refractivity contribution is 5.76. The van der Waals surface area contributed by atoms with E-state index in [4.69, 9.17) is 11.5 Å². The van der Waals surface area contributed by atoms with Crippen LogP contribution in [-0.4, -0.2) is 60.1 Å². The minimum Gasteiger partial charge on any atom is -0.481 e. The number of piperidine rings is 2. The minimum atomic E-state index is -0.906. The highest BCUT2D eigenvalue weighted by Crippen LogP contribution is 2.20. The summed E-state index contributed by atoms with van der Waals surface area (Å²) < 4.78 is 0. The first-order valence-electron chi connectivity index (χ1n) is 9.01. The Morgan fingerprint density at radius 1 is 1.33 bits per heavy atom. The van der Waals surface area contributed by atoms with Crippen molar-refractivity contribution >= 4 is 11.9 Å². The molecule has 3 N–H and O–H groups in total. The molecule has 6 heteroatoms. The first-order chi connectivity index (χ1) is 11.6. The van der Waals surface area contributed by atoms with Crippen molar-refractivity contribution in [3.63, 3.8) is 0 Å². The molecule has 1 amide bonds. The van der Waals surface area contributed by atoms with Crippen LogP contribution in [0.15, 0.2) is 0 Å². The van der Waals surface area contributed by atoms with E-state index in [2.05, 4.69) is 16.6 Å². The van der Waals surface area contributed by atoms with Gasteiger partial charge in [-0.15, -0.1) is 6.42 Å². The van der Waals surface area contributed by atoms with Crippen LogP contribution in [0.25, 0.3) is 0 Å². The zero-order chi connectivity index (χ0) is 17.4. The number of carbonyl (C=O) groups excluding carboxylic acids is 1. The molecular weight excluding hydrogens is 306 g/mol. The van der Waals surface area contributed by atoms with Crippen LogP contribution in [0.3, 0.4) is 0 Å². The second kappa shape index (κ2) is 9.65. The first-order valence-corrected chi connectivity index (χ1v) is 9.01. The van der Waals surface area contributed by atoms with Crippen LogP contribution in [0, 0.1) is 18.3 Å². The smallest absolute Gasteiger partial charge is 0.305 e. The number of rotatable bonds is 7. The largest absolute Gasteiger partial charge is 0.481 e. The van der Waals surface area contributed by atoms with Gasteiger partial charge in [-0.2, -0.15) is 0 Å².